The van der Waals surface area contributed by atoms with Gasteiger partial charge in [0.15, 0.2) is 0 Å². The molecule has 0 radical (unpaired) electrons. The molecule has 0 saturated carbocycles. The molecule has 0 aromatic rings. The van der Waals surface area contributed by atoms with E-state index in [9.17, 15) is 9.59 Å². The van der Waals surface area contributed by atoms with E-state index in [1.807, 2.05) is 48.5 Å². The second kappa shape index (κ2) is 5.99. The molecule has 2 unspecified atom stereocenters. The Kier molecular flexibility index (Phi) is 5.77. The Labute approximate surface area is 113 Å². The quantitative estimate of drug-likeness (QED) is 0.734. The molecule has 0 fully saturated rings. The van der Waals surface area contributed by atoms with Gasteiger partial charge in [0.05, 0.1) is 0 Å². The predicted molar refractivity (Wildman–Crippen MR) is 76.5 cm³/mol. The van der Waals surface area contributed by atoms with Crippen molar-refractivity contribution in [3.8, 4) is 0 Å². The lowest BCUT2D eigenvalue weighted by atomic mass is 9.78. The number of Topliss-reactive ketones (excluding diaryl/α,β-unsaturated/α-hetero) is 2. The maximum atomic E-state index is 12.1. The molecule has 0 N–H and O–H groups in total. The maximum Gasteiger partial charge on any atom is 0.141 e. The summed E-state index contributed by atoms with van der Waals surface area (Å²) in [6, 6.07) is 0. The summed E-state index contributed by atoms with van der Waals surface area (Å²) in [4.78, 5) is 24.0. The van der Waals surface area contributed by atoms with Crippen LogP contribution in [0.3, 0.4) is 0 Å². The van der Waals surface area contributed by atoms with Crippen LogP contribution < -0.4 is 0 Å². The zero-order valence-corrected chi connectivity index (χ0v) is 13.4. The Balaban J connectivity index is 4.38. The maximum absolute atomic E-state index is 12.1. The Morgan fingerprint density at radius 2 is 1.33 bits per heavy atom. The number of carbonyl (C=O) groups excluding carboxylic acids is 2. The van der Waals surface area contributed by atoms with Crippen LogP contribution in [0.2, 0.25) is 0 Å². The third kappa shape index (κ3) is 5.79. The average molecular weight is 254 g/mol. The number of carbonyl (C=O) groups is 2. The summed E-state index contributed by atoms with van der Waals surface area (Å²) in [7, 11) is 0. The molecular weight excluding hydrogens is 224 g/mol. The minimum atomic E-state index is -0.285. The smallest absolute Gasteiger partial charge is 0.141 e. The van der Waals surface area contributed by atoms with Crippen LogP contribution in [-0.2, 0) is 9.59 Å². The summed E-state index contributed by atoms with van der Waals surface area (Å²) in [5, 5.41) is 0. The van der Waals surface area contributed by atoms with Gasteiger partial charge in [-0.3, -0.25) is 9.59 Å². The van der Waals surface area contributed by atoms with Crippen molar-refractivity contribution in [2.75, 3.05) is 0 Å². The van der Waals surface area contributed by atoms with Gasteiger partial charge in [-0.05, 0) is 12.3 Å². The fourth-order valence-corrected chi connectivity index (χ4v) is 2.16. The second-order valence-corrected chi connectivity index (χ2v) is 7.73. The first-order valence-corrected chi connectivity index (χ1v) is 6.93. The van der Waals surface area contributed by atoms with Crippen LogP contribution in [0.25, 0.3) is 0 Å². The lowest BCUT2D eigenvalue weighted by Crippen LogP contribution is -2.29. The Morgan fingerprint density at radius 3 is 1.67 bits per heavy atom. The third-order valence-corrected chi connectivity index (χ3v) is 3.31. The molecule has 2 heteroatoms. The summed E-state index contributed by atoms with van der Waals surface area (Å²) in [5.41, 5.74) is -0.557. The molecule has 2 nitrogen and oxygen atoms in total. The van der Waals surface area contributed by atoms with Gasteiger partial charge < -0.3 is 0 Å². The molecule has 0 aliphatic heterocycles. The molecule has 0 heterocycles. The van der Waals surface area contributed by atoms with Gasteiger partial charge in [0.25, 0.3) is 0 Å². The van der Waals surface area contributed by atoms with Crippen molar-refractivity contribution in [2.45, 2.75) is 68.2 Å². The summed E-state index contributed by atoms with van der Waals surface area (Å²) in [5.74, 6) is 0.883. The van der Waals surface area contributed by atoms with Gasteiger partial charge in [0.2, 0.25) is 0 Å². The van der Waals surface area contributed by atoms with Gasteiger partial charge in [0, 0.05) is 23.2 Å². The monoisotopic (exact) mass is 254 g/mol. The van der Waals surface area contributed by atoms with Crippen LogP contribution in [0.5, 0.6) is 0 Å². The van der Waals surface area contributed by atoms with Gasteiger partial charge in [-0.15, -0.1) is 0 Å². The minimum absolute atomic E-state index is 0.0350. The van der Waals surface area contributed by atoms with Gasteiger partial charge in [0.1, 0.15) is 11.6 Å². The third-order valence-electron chi connectivity index (χ3n) is 3.31. The molecule has 0 amide bonds. The number of hydrogen-bond acceptors (Lipinski definition) is 2. The van der Waals surface area contributed by atoms with Gasteiger partial charge in [-0.1, -0.05) is 55.4 Å². The van der Waals surface area contributed by atoms with Crippen molar-refractivity contribution in [3.05, 3.63) is 0 Å². The summed E-state index contributed by atoms with van der Waals surface area (Å²) in [6.07, 6.45) is 1.38. The summed E-state index contributed by atoms with van der Waals surface area (Å²) in [6.45, 7) is 15.8. The summed E-state index contributed by atoms with van der Waals surface area (Å²) < 4.78 is 0. The first-order valence-electron chi connectivity index (χ1n) is 6.93. The van der Waals surface area contributed by atoms with Crippen LogP contribution in [0.4, 0.5) is 0 Å². The molecule has 18 heavy (non-hydrogen) atoms. The topological polar surface area (TPSA) is 34.1 Å². The molecule has 0 aromatic heterocycles. The highest BCUT2D eigenvalue weighted by Gasteiger charge is 2.29. The Hall–Kier alpha value is -0.660. The molecule has 106 valence electrons. The van der Waals surface area contributed by atoms with Crippen molar-refractivity contribution in [3.63, 3.8) is 0 Å². The molecule has 0 bridgehead atoms. The van der Waals surface area contributed by atoms with Crippen LogP contribution in [0.1, 0.15) is 68.2 Å². The highest BCUT2D eigenvalue weighted by Crippen LogP contribution is 2.27. The fraction of sp³-hybridized carbons (Fsp3) is 0.875. The highest BCUT2D eigenvalue weighted by molar-refractivity contribution is 5.86. The van der Waals surface area contributed by atoms with Crippen molar-refractivity contribution in [1.29, 1.82) is 0 Å². The van der Waals surface area contributed by atoms with Crippen LogP contribution >= 0.6 is 0 Å². The molecule has 0 aliphatic carbocycles. The predicted octanol–water partition coefficient (Wildman–Crippen LogP) is 4.27. The van der Waals surface area contributed by atoms with E-state index in [4.69, 9.17) is 0 Å². The largest absolute Gasteiger partial charge is 0.299 e. The van der Waals surface area contributed by atoms with Crippen LogP contribution in [-0.4, -0.2) is 11.6 Å². The summed E-state index contributed by atoms with van der Waals surface area (Å²) >= 11 is 0. The fourth-order valence-electron chi connectivity index (χ4n) is 2.16. The van der Waals surface area contributed by atoms with Crippen molar-refractivity contribution in [2.24, 2.45) is 22.7 Å². The SMILES string of the molecule is CC(CC(=O)C(C)(C)C)CC(C)C(=O)C(C)(C)C. The lowest BCUT2D eigenvalue weighted by molar-refractivity contribution is -0.131. The molecule has 0 spiro atoms. The zero-order valence-electron chi connectivity index (χ0n) is 13.4. The minimum Gasteiger partial charge on any atom is -0.299 e. The van der Waals surface area contributed by atoms with Crippen molar-refractivity contribution < 1.29 is 9.59 Å². The van der Waals surface area contributed by atoms with E-state index in [1.165, 1.54) is 0 Å². The van der Waals surface area contributed by atoms with E-state index >= 15 is 0 Å². The van der Waals surface area contributed by atoms with Crippen LogP contribution in [0.15, 0.2) is 0 Å². The van der Waals surface area contributed by atoms with E-state index in [-0.39, 0.29) is 34.2 Å². The molecule has 2 atom stereocenters. The van der Waals surface area contributed by atoms with E-state index in [0.29, 0.717) is 6.42 Å². The first-order chi connectivity index (χ1) is 7.85. The molecule has 0 saturated heterocycles. The Bertz CT molecular complexity index is 302. The molecule has 0 aromatic carbocycles. The van der Waals surface area contributed by atoms with Gasteiger partial charge >= 0.3 is 0 Å². The van der Waals surface area contributed by atoms with E-state index < -0.39 is 0 Å². The highest BCUT2D eigenvalue weighted by atomic mass is 16.1. The number of rotatable bonds is 5. The van der Waals surface area contributed by atoms with Gasteiger partial charge in [-0.2, -0.15) is 0 Å². The normalized spacial score (nSPS) is 16.2. The zero-order chi connectivity index (χ0) is 14.7. The van der Waals surface area contributed by atoms with Crippen molar-refractivity contribution in [1.82, 2.24) is 0 Å². The van der Waals surface area contributed by atoms with E-state index in [1.54, 1.807) is 0 Å². The average Bonchev–Trinajstić information content (AvgIpc) is 2.12. The van der Waals surface area contributed by atoms with Crippen LogP contribution in [0, 0.1) is 22.7 Å². The lowest BCUT2D eigenvalue weighted by Gasteiger charge is -2.25. The van der Waals surface area contributed by atoms with Gasteiger partial charge in [-0.25, -0.2) is 0 Å². The molecule has 0 rings (SSSR count). The standard InChI is InChI=1S/C16H30O2/c1-11(10-13(17)15(3,4)5)9-12(2)14(18)16(6,7)8/h11-12H,9-10H2,1-8H3. The van der Waals surface area contributed by atoms with Crippen molar-refractivity contribution >= 4 is 11.6 Å². The molecule has 0 aliphatic rings. The van der Waals surface area contributed by atoms with E-state index in [0.717, 1.165) is 6.42 Å². The molecular formula is C16H30O2. The number of ketones is 2. The first kappa shape index (κ1) is 17.3. The number of hydrogen-bond donors (Lipinski definition) is 0. The second-order valence-electron chi connectivity index (χ2n) is 7.73. The van der Waals surface area contributed by atoms with E-state index in [2.05, 4.69) is 6.92 Å². The Morgan fingerprint density at radius 1 is 0.889 bits per heavy atom.